The SMILES string of the molecule is O=C1CCc2cc(-c3ccc(SC(F)F)cc3)ccc21. The molecule has 0 bridgehead atoms. The Morgan fingerprint density at radius 1 is 0.950 bits per heavy atom. The largest absolute Gasteiger partial charge is 0.294 e. The van der Waals surface area contributed by atoms with Gasteiger partial charge in [-0.05, 0) is 35.2 Å². The average Bonchev–Trinajstić information content (AvgIpc) is 2.80. The van der Waals surface area contributed by atoms with Crippen LogP contribution in [0.3, 0.4) is 0 Å². The van der Waals surface area contributed by atoms with Gasteiger partial charge in [-0.1, -0.05) is 42.1 Å². The van der Waals surface area contributed by atoms with Crippen molar-refractivity contribution in [2.75, 3.05) is 0 Å². The molecule has 0 spiro atoms. The minimum absolute atomic E-state index is 0.204. The summed E-state index contributed by atoms with van der Waals surface area (Å²) in [6, 6.07) is 12.9. The third-order valence-electron chi connectivity index (χ3n) is 3.44. The highest BCUT2D eigenvalue weighted by Crippen LogP contribution is 2.30. The van der Waals surface area contributed by atoms with Gasteiger partial charge >= 0.3 is 0 Å². The fraction of sp³-hybridized carbons (Fsp3) is 0.188. The highest BCUT2D eigenvalue weighted by atomic mass is 32.2. The average molecular weight is 290 g/mol. The number of rotatable bonds is 3. The number of hydrogen-bond donors (Lipinski definition) is 0. The number of carbonyl (C=O) groups excluding carboxylic acids is 1. The molecule has 0 radical (unpaired) electrons. The topological polar surface area (TPSA) is 17.1 Å². The lowest BCUT2D eigenvalue weighted by molar-refractivity contribution is 0.0994. The summed E-state index contributed by atoms with van der Waals surface area (Å²) < 4.78 is 24.5. The van der Waals surface area contributed by atoms with Gasteiger partial charge in [0, 0.05) is 16.9 Å². The first-order valence-corrected chi connectivity index (χ1v) is 7.23. The minimum Gasteiger partial charge on any atom is -0.294 e. The zero-order valence-corrected chi connectivity index (χ0v) is 11.4. The summed E-state index contributed by atoms with van der Waals surface area (Å²) in [4.78, 5) is 12.1. The zero-order chi connectivity index (χ0) is 14.1. The fourth-order valence-corrected chi connectivity index (χ4v) is 2.96. The predicted molar refractivity (Wildman–Crippen MR) is 76.4 cm³/mol. The molecule has 2 aromatic carbocycles. The summed E-state index contributed by atoms with van der Waals surface area (Å²) in [6.45, 7) is 0. The highest BCUT2D eigenvalue weighted by molar-refractivity contribution is 7.99. The number of halogens is 2. The second kappa shape index (κ2) is 5.37. The van der Waals surface area contributed by atoms with Crippen molar-refractivity contribution in [2.45, 2.75) is 23.5 Å². The van der Waals surface area contributed by atoms with Gasteiger partial charge in [0.25, 0.3) is 5.76 Å². The first-order chi connectivity index (χ1) is 9.63. The molecule has 4 heteroatoms. The van der Waals surface area contributed by atoms with Crippen LogP contribution in [0.2, 0.25) is 0 Å². The maximum Gasteiger partial charge on any atom is 0.288 e. The lowest BCUT2D eigenvalue weighted by atomic mass is 10.0. The molecule has 1 aliphatic rings. The predicted octanol–water partition coefficient (Wildman–Crippen LogP) is 4.80. The molecule has 0 saturated carbocycles. The van der Waals surface area contributed by atoms with E-state index >= 15 is 0 Å². The smallest absolute Gasteiger partial charge is 0.288 e. The van der Waals surface area contributed by atoms with Gasteiger partial charge in [-0.3, -0.25) is 4.79 Å². The molecule has 2 aromatic rings. The molecule has 20 heavy (non-hydrogen) atoms. The Balaban J connectivity index is 1.88. The number of ketones is 1. The second-order valence-electron chi connectivity index (χ2n) is 4.70. The normalized spacial score (nSPS) is 13.8. The van der Waals surface area contributed by atoms with E-state index in [0.717, 1.165) is 28.7 Å². The molecular formula is C16H12F2OS. The van der Waals surface area contributed by atoms with Crippen LogP contribution in [0.1, 0.15) is 22.3 Å². The van der Waals surface area contributed by atoms with Crippen LogP contribution in [0.15, 0.2) is 47.4 Å². The van der Waals surface area contributed by atoms with Crippen molar-refractivity contribution in [3.8, 4) is 11.1 Å². The Morgan fingerprint density at radius 2 is 1.65 bits per heavy atom. The zero-order valence-electron chi connectivity index (χ0n) is 10.6. The number of carbonyl (C=O) groups is 1. The van der Waals surface area contributed by atoms with E-state index in [1.165, 1.54) is 0 Å². The summed E-state index contributed by atoms with van der Waals surface area (Å²) in [7, 11) is 0. The van der Waals surface area contributed by atoms with Crippen LogP contribution < -0.4 is 0 Å². The quantitative estimate of drug-likeness (QED) is 0.755. The molecule has 0 saturated heterocycles. The maximum absolute atomic E-state index is 12.3. The van der Waals surface area contributed by atoms with E-state index in [-0.39, 0.29) is 5.78 Å². The number of fused-ring (bicyclic) bond motifs is 1. The molecule has 0 N–H and O–H groups in total. The van der Waals surface area contributed by atoms with Gasteiger partial charge in [0.1, 0.15) is 0 Å². The molecule has 102 valence electrons. The molecule has 0 unspecified atom stereocenters. The van der Waals surface area contributed by atoms with Gasteiger partial charge in [0.05, 0.1) is 0 Å². The Morgan fingerprint density at radius 3 is 2.35 bits per heavy atom. The molecule has 0 amide bonds. The lowest BCUT2D eigenvalue weighted by Crippen LogP contribution is -1.91. The van der Waals surface area contributed by atoms with Crippen molar-refractivity contribution in [1.82, 2.24) is 0 Å². The summed E-state index contributed by atoms with van der Waals surface area (Å²) in [5.74, 6) is -2.19. The van der Waals surface area contributed by atoms with Crippen LogP contribution in [0.4, 0.5) is 8.78 Å². The Labute approximate surface area is 120 Å². The first kappa shape index (κ1) is 13.3. The number of hydrogen-bond acceptors (Lipinski definition) is 2. The molecule has 0 aliphatic heterocycles. The molecule has 0 atom stereocenters. The standard InChI is InChI=1S/C16H12F2OS/c17-16(18)20-13-5-1-10(2-6-13)11-3-7-14-12(9-11)4-8-15(14)19/h1-3,5-7,9,16H,4,8H2. The number of thioether (sulfide) groups is 1. The van der Waals surface area contributed by atoms with Crippen LogP contribution in [0, 0.1) is 0 Å². The number of Topliss-reactive ketones (excluding diaryl/α,β-unsaturated/α-hetero) is 1. The van der Waals surface area contributed by atoms with E-state index in [9.17, 15) is 13.6 Å². The number of aryl methyl sites for hydroxylation is 1. The van der Waals surface area contributed by atoms with E-state index in [2.05, 4.69) is 0 Å². The molecule has 0 aromatic heterocycles. The van der Waals surface area contributed by atoms with Crippen molar-refractivity contribution in [3.63, 3.8) is 0 Å². The molecule has 0 heterocycles. The fourth-order valence-electron chi connectivity index (χ4n) is 2.46. The van der Waals surface area contributed by atoms with Crippen molar-refractivity contribution in [2.24, 2.45) is 0 Å². The van der Waals surface area contributed by atoms with Crippen LogP contribution in [-0.4, -0.2) is 11.5 Å². The molecular weight excluding hydrogens is 278 g/mol. The summed E-state index contributed by atoms with van der Waals surface area (Å²) >= 11 is 0.545. The lowest BCUT2D eigenvalue weighted by Gasteiger charge is -2.06. The van der Waals surface area contributed by atoms with Gasteiger partial charge in [-0.15, -0.1) is 0 Å². The van der Waals surface area contributed by atoms with Gasteiger partial charge in [0.15, 0.2) is 5.78 Å². The maximum atomic E-state index is 12.3. The Hall–Kier alpha value is -1.68. The van der Waals surface area contributed by atoms with E-state index in [4.69, 9.17) is 0 Å². The number of benzene rings is 2. The van der Waals surface area contributed by atoms with Crippen LogP contribution in [-0.2, 0) is 6.42 Å². The summed E-state index contributed by atoms with van der Waals surface area (Å²) in [6.07, 6.45) is 1.38. The summed E-state index contributed by atoms with van der Waals surface area (Å²) in [5.41, 5.74) is 3.90. The third kappa shape index (κ3) is 2.61. The van der Waals surface area contributed by atoms with Gasteiger partial charge in [0.2, 0.25) is 0 Å². The minimum atomic E-state index is -2.40. The van der Waals surface area contributed by atoms with Crippen LogP contribution in [0.5, 0.6) is 0 Å². The first-order valence-electron chi connectivity index (χ1n) is 6.35. The van der Waals surface area contributed by atoms with E-state index in [1.807, 2.05) is 30.3 Å². The van der Waals surface area contributed by atoms with Gasteiger partial charge in [-0.2, -0.15) is 8.78 Å². The highest BCUT2D eigenvalue weighted by Gasteiger charge is 2.19. The second-order valence-corrected chi connectivity index (χ2v) is 5.76. The molecule has 3 rings (SSSR count). The van der Waals surface area contributed by atoms with E-state index < -0.39 is 5.76 Å². The third-order valence-corrected chi connectivity index (χ3v) is 4.16. The van der Waals surface area contributed by atoms with Gasteiger partial charge < -0.3 is 0 Å². The molecule has 0 fully saturated rings. The van der Waals surface area contributed by atoms with E-state index in [0.29, 0.717) is 23.1 Å². The Kier molecular flexibility index (Phi) is 3.57. The molecule has 1 aliphatic carbocycles. The van der Waals surface area contributed by atoms with E-state index in [1.54, 1.807) is 12.1 Å². The number of alkyl halides is 2. The van der Waals surface area contributed by atoms with Crippen molar-refractivity contribution in [1.29, 1.82) is 0 Å². The monoisotopic (exact) mass is 290 g/mol. The van der Waals surface area contributed by atoms with Crippen LogP contribution >= 0.6 is 11.8 Å². The summed E-state index contributed by atoms with van der Waals surface area (Å²) in [5, 5.41) is 0. The van der Waals surface area contributed by atoms with Crippen molar-refractivity contribution < 1.29 is 13.6 Å². The van der Waals surface area contributed by atoms with Crippen molar-refractivity contribution in [3.05, 3.63) is 53.6 Å². The van der Waals surface area contributed by atoms with Crippen LogP contribution in [0.25, 0.3) is 11.1 Å². The van der Waals surface area contributed by atoms with Gasteiger partial charge in [-0.25, -0.2) is 0 Å². The van der Waals surface area contributed by atoms with Crippen molar-refractivity contribution >= 4 is 17.5 Å². The Bertz CT molecular complexity index is 650. The molecule has 1 nitrogen and oxygen atoms in total.